The van der Waals surface area contributed by atoms with E-state index in [4.69, 9.17) is 5.73 Å². The lowest BCUT2D eigenvalue weighted by atomic mass is 9.67. The summed E-state index contributed by atoms with van der Waals surface area (Å²) in [4.78, 5) is 4.26. The van der Waals surface area contributed by atoms with Gasteiger partial charge in [0.2, 0.25) is 0 Å². The molecule has 0 radical (unpaired) electrons. The van der Waals surface area contributed by atoms with E-state index < -0.39 is 0 Å². The number of nitrogens with zero attached hydrogens (tertiary/aromatic N) is 1. The highest BCUT2D eigenvalue weighted by atomic mass is 15.0. The summed E-state index contributed by atoms with van der Waals surface area (Å²) in [5.74, 6) is 1.60. The summed E-state index contributed by atoms with van der Waals surface area (Å²) in [5, 5.41) is 4.02. The van der Waals surface area contributed by atoms with Crippen LogP contribution in [0.1, 0.15) is 75.3 Å². The molecule has 2 aliphatic rings. The van der Waals surface area contributed by atoms with Gasteiger partial charge in [0.05, 0.1) is 0 Å². The van der Waals surface area contributed by atoms with Crippen LogP contribution in [0, 0.1) is 12.8 Å². The number of aryl methyl sites for hydroxylation is 1. The SMILES string of the molecule is Cc1ccnc(N)c1CCNC1(C2CCCCC2)CCCCC1. The molecule has 1 heterocycles. The fraction of sp³-hybridized carbons (Fsp3) is 0.750. The highest BCUT2D eigenvalue weighted by molar-refractivity contribution is 5.43. The Hall–Kier alpha value is -1.09. The molecule has 3 heteroatoms. The molecule has 128 valence electrons. The zero-order valence-corrected chi connectivity index (χ0v) is 14.7. The van der Waals surface area contributed by atoms with Gasteiger partial charge in [0.25, 0.3) is 0 Å². The predicted octanol–water partition coefficient (Wildman–Crippen LogP) is 4.39. The maximum absolute atomic E-state index is 6.08. The topological polar surface area (TPSA) is 50.9 Å². The van der Waals surface area contributed by atoms with E-state index in [-0.39, 0.29) is 0 Å². The summed E-state index contributed by atoms with van der Waals surface area (Å²) in [7, 11) is 0. The largest absolute Gasteiger partial charge is 0.383 e. The lowest BCUT2D eigenvalue weighted by Gasteiger charge is -2.46. The van der Waals surface area contributed by atoms with Gasteiger partial charge in [-0.25, -0.2) is 4.98 Å². The second kappa shape index (κ2) is 7.65. The van der Waals surface area contributed by atoms with Crippen LogP contribution in [0.3, 0.4) is 0 Å². The average molecular weight is 316 g/mol. The van der Waals surface area contributed by atoms with E-state index >= 15 is 0 Å². The lowest BCUT2D eigenvalue weighted by molar-refractivity contribution is 0.113. The number of pyridine rings is 1. The Labute approximate surface area is 141 Å². The number of nitrogen functional groups attached to an aromatic ring is 1. The van der Waals surface area contributed by atoms with Crippen LogP contribution in [0.4, 0.5) is 5.82 Å². The fourth-order valence-electron chi connectivity index (χ4n) is 4.94. The zero-order chi connectivity index (χ0) is 16.1. The van der Waals surface area contributed by atoms with E-state index in [1.54, 1.807) is 0 Å². The molecule has 23 heavy (non-hydrogen) atoms. The molecule has 0 aliphatic heterocycles. The number of hydrogen-bond donors (Lipinski definition) is 2. The van der Waals surface area contributed by atoms with Crippen LogP contribution < -0.4 is 11.1 Å². The van der Waals surface area contributed by atoms with E-state index in [9.17, 15) is 0 Å². The zero-order valence-electron chi connectivity index (χ0n) is 14.7. The van der Waals surface area contributed by atoms with Gasteiger partial charge >= 0.3 is 0 Å². The van der Waals surface area contributed by atoms with E-state index in [0.29, 0.717) is 11.4 Å². The summed E-state index contributed by atoms with van der Waals surface area (Å²) < 4.78 is 0. The summed E-state index contributed by atoms with van der Waals surface area (Å²) in [6.45, 7) is 3.18. The van der Waals surface area contributed by atoms with E-state index in [0.717, 1.165) is 18.9 Å². The van der Waals surface area contributed by atoms with Crippen molar-refractivity contribution in [1.29, 1.82) is 0 Å². The van der Waals surface area contributed by atoms with Crippen LogP contribution in [-0.4, -0.2) is 17.1 Å². The Bertz CT molecular complexity index is 479. The smallest absolute Gasteiger partial charge is 0.126 e. The van der Waals surface area contributed by atoms with Crippen LogP contribution >= 0.6 is 0 Å². The summed E-state index contributed by atoms with van der Waals surface area (Å²) in [6, 6.07) is 2.07. The Morgan fingerprint density at radius 2 is 1.83 bits per heavy atom. The Morgan fingerprint density at radius 1 is 1.13 bits per heavy atom. The third-order valence-electron chi connectivity index (χ3n) is 6.31. The van der Waals surface area contributed by atoms with Crippen molar-refractivity contribution in [3.8, 4) is 0 Å². The minimum atomic E-state index is 0.406. The van der Waals surface area contributed by atoms with Gasteiger partial charge in [-0.1, -0.05) is 38.5 Å². The summed E-state index contributed by atoms with van der Waals surface area (Å²) >= 11 is 0. The van der Waals surface area contributed by atoms with Crippen LogP contribution in [0.5, 0.6) is 0 Å². The maximum Gasteiger partial charge on any atom is 0.126 e. The second-order valence-corrected chi connectivity index (χ2v) is 7.72. The quantitative estimate of drug-likeness (QED) is 0.847. The van der Waals surface area contributed by atoms with Crippen LogP contribution in [0.25, 0.3) is 0 Å². The molecule has 1 aromatic rings. The van der Waals surface area contributed by atoms with Crippen LogP contribution in [-0.2, 0) is 6.42 Å². The number of aromatic nitrogens is 1. The van der Waals surface area contributed by atoms with E-state index in [1.165, 1.54) is 75.3 Å². The van der Waals surface area contributed by atoms with Gasteiger partial charge in [0, 0.05) is 11.7 Å². The molecule has 2 fully saturated rings. The van der Waals surface area contributed by atoms with Crippen molar-refractivity contribution in [2.45, 2.75) is 83.1 Å². The highest BCUT2D eigenvalue weighted by Crippen LogP contribution is 2.41. The Balaban J connectivity index is 1.64. The first kappa shape index (κ1) is 16.8. The minimum absolute atomic E-state index is 0.406. The van der Waals surface area contributed by atoms with Gasteiger partial charge in [-0.2, -0.15) is 0 Å². The lowest BCUT2D eigenvalue weighted by Crippen LogP contribution is -2.53. The average Bonchev–Trinajstić information content (AvgIpc) is 2.59. The monoisotopic (exact) mass is 315 g/mol. The fourth-order valence-corrected chi connectivity index (χ4v) is 4.94. The number of anilines is 1. The highest BCUT2D eigenvalue weighted by Gasteiger charge is 2.39. The first-order chi connectivity index (χ1) is 11.2. The number of hydrogen-bond acceptors (Lipinski definition) is 3. The van der Waals surface area contributed by atoms with Crippen molar-refractivity contribution in [3.05, 3.63) is 23.4 Å². The van der Waals surface area contributed by atoms with E-state index in [1.807, 2.05) is 6.20 Å². The minimum Gasteiger partial charge on any atom is -0.383 e. The van der Waals surface area contributed by atoms with Crippen molar-refractivity contribution in [2.24, 2.45) is 5.92 Å². The predicted molar refractivity (Wildman–Crippen MR) is 97.5 cm³/mol. The molecule has 3 nitrogen and oxygen atoms in total. The van der Waals surface area contributed by atoms with Gasteiger partial charge in [0.1, 0.15) is 5.82 Å². The molecular formula is C20H33N3. The summed E-state index contributed by atoms with van der Waals surface area (Å²) in [5.41, 5.74) is 8.99. The third kappa shape index (κ3) is 3.88. The number of rotatable bonds is 5. The third-order valence-corrected chi connectivity index (χ3v) is 6.31. The second-order valence-electron chi connectivity index (χ2n) is 7.72. The number of nitrogens with one attached hydrogen (secondary N) is 1. The molecule has 0 aromatic carbocycles. The van der Waals surface area contributed by atoms with Gasteiger partial charge < -0.3 is 11.1 Å². The standard InChI is InChI=1S/C20H33N3/c1-16-10-14-22-19(21)18(16)11-15-23-20(12-6-3-7-13-20)17-8-4-2-5-9-17/h10,14,17,23H,2-9,11-13,15H2,1H3,(H2,21,22). The molecule has 1 aromatic heterocycles. The van der Waals surface area contributed by atoms with Crippen molar-refractivity contribution in [2.75, 3.05) is 12.3 Å². The van der Waals surface area contributed by atoms with Gasteiger partial charge in [-0.15, -0.1) is 0 Å². The maximum atomic E-state index is 6.08. The molecule has 2 aliphatic carbocycles. The summed E-state index contributed by atoms with van der Waals surface area (Å²) in [6.07, 6.45) is 17.0. The molecule has 0 unspecified atom stereocenters. The normalized spacial score (nSPS) is 22.1. The molecular weight excluding hydrogens is 282 g/mol. The molecule has 0 amide bonds. The molecule has 0 spiro atoms. The van der Waals surface area contributed by atoms with Crippen molar-refractivity contribution in [1.82, 2.24) is 10.3 Å². The van der Waals surface area contributed by atoms with Gasteiger partial charge in [-0.3, -0.25) is 0 Å². The van der Waals surface area contributed by atoms with Crippen molar-refractivity contribution in [3.63, 3.8) is 0 Å². The molecule has 0 saturated heterocycles. The molecule has 0 bridgehead atoms. The van der Waals surface area contributed by atoms with Crippen LogP contribution in [0.2, 0.25) is 0 Å². The Morgan fingerprint density at radius 3 is 2.52 bits per heavy atom. The molecule has 3 rings (SSSR count). The van der Waals surface area contributed by atoms with Crippen molar-refractivity contribution < 1.29 is 0 Å². The van der Waals surface area contributed by atoms with Crippen molar-refractivity contribution >= 4 is 5.82 Å². The molecule has 0 atom stereocenters. The Kier molecular flexibility index (Phi) is 5.58. The molecule has 2 saturated carbocycles. The number of nitrogens with two attached hydrogens (primary N) is 1. The van der Waals surface area contributed by atoms with Gasteiger partial charge in [-0.05, 0) is 68.7 Å². The van der Waals surface area contributed by atoms with Gasteiger partial charge in [0.15, 0.2) is 0 Å². The molecule has 3 N–H and O–H groups in total. The van der Waals surface area contributed by atoms with Crippen LogP contribution in [0.15, 0.2) is 12.3 Å². The first-order valence-electron chi connectivity index (χ1n) is 9.66. The van der Waals surface area contributed by atoms with E-state index in [2.05, 4.69) is 23.3 Å². The first-order valence-corrected chi connectivity index (χ1v) is 9.66.